The van der Waals surface area contributed by atoms with E-state index in [1.165, 1.54) is 5.56 Å². The fourth-order valence-corrected chi connectivity index (χ4v) is 2.46. The van der Waals surface area contributed by atoms with E-state index in [2.05, 4.69) is 46.7 Å². The molecule has 1 aromatic carbocycles. The Morgan fingerprint density at radius 2 is 2.00 bits per heavy atom. The van der Waals surface area contributed by atoms with Crippen molar-refractivity contribution in [2.75, 3.05) is 26.2 Å². The summed E-state index contributed by atoms with van der Waals surface area (Å²) in [6.45, 7) is 8.33. The smallest absolute Gasteiger partial charge is 0.191 e. The van der Waals surface area contributed by atoms with E-state index < -0.39 is 0 Å². The van der Waals surface area contributed by atoms with Gasteiger partial charge in [0.25, 0.3) is 0 Å². The maximum Gasteiger partial charge on any atom is 0.191 e. The monoisotopic (exact) mass is 357 g/mol. The van der Waals surface area contributed by atoms with Gasteiger partial charge in [-0.1, -0.05) is 17.7 Å². The summed E-state index contributed by atoms with van der Waals surface area (Å²) < 4.78 is 7.68. The zero-order chi connectivity index (χ0) is 18.5. The Balaban J connectivity index is 1.56. The van der Waals surface area contributed by atoms with Crippen molar-refractivity contribution in [3.8, 4) is 5.75 Å². The molecule has 2 aromatic rings. The SMILES string of the molecule is CCNC(=NCCCn1cccn1)NCCCCOc1ccc(C)cc1. The predicted octanol–water partition coefficient (Wildman–Crippen LogP) is 3.00. The van der Waals surface area contributed by atoms with Crippen LogP contribution in [0.3, 0.4) is 0 Å². The molecule has 26 heavy (non-hydrogen) atoms. The molecular formula is C20H31N5O. The fraction of sp³-hybridized carbons (Fsp3) is 0.500. The highest BCUT2D eigenvalue weighted by Gasteiger charge is 1.98. The Labute approximate surface area is 156 Å². The molecule has 0 amide bonds. The average Bonchev–Trinajstić information content (AvgIpc) is 3.16. The number of ether oxygens (including phenoxy) is 1. The van der Waals surface area contributed by atoms with Crippen LogP contribution in [-0.2, 0) is 6.54 Å². The van der Waals surface area contributed by atoms with Crippen LogP contribution in [0.4, 0.5) is 0 Å². The maximum atomic E-state index is 5.75. The summed E-state index contributed by atoms with van der Waals surface area (Å²) in [6, 6.07) is 10.1. The molecule has 6 heteroatoms. The minimum atomic E-state index is 0.738. The predicted molar refractivity (Wildman–Crippen MR) is 107 cm³/mol. The lowest BCUT2D eigenvalue weighted by Gasteiger charge is -2.11. The average molecular weight is 358 g/mol. The molecule has 0 aliphatic heterocycles. The number of unbranched alkanes of at least 4 members (excludes halogenated alkanes) is 1. The summed E-state index contributed by atoms with van der Waals surface area (Å²) in [5, 5.41) is 10.9. The van der Waals surface area contributed by atoms with Gasteiger partial charge >= 0.3 is 0 Å². The zero-order valence-electron chi connectivity index (χ0n) is 15.9. The summed E-state index contributed by atoms with van der Waals surface area (Å²) in [4.78, 5) is 4.61. The first-order chi connectivity index (χ1) is 12.8. The molecule has 142 valence electrons. The number of rotatable bonds is 11. The first-order valence-electron chi connectivity index (χ1n) is 9.47. The van der Waals surface area contributed by atoms with Crippen LogP contribution in [0.2, 0.25) is 0 Å². The number of hydrogen-bond donors (Lipinski definition) is 2. The van der Waals surface area contributed by atoms with E-state index in [1.807, 2.05) is 29.1 Å². The fourth-order valence-electron chi connectivity index (χ4n) is 2.46. The number of nitrogens with zero attached hydrogens (tertiary/aromatic N) is 3. The molecule has 0 aliphatic carbocycles. The van der Waals surface area contributed by atoms with E-state index in [0.29, 0.717) is 0 Å². The molecule has 2 rings (SSSR count). The molecule has 6 nitrogen and oxygen atoms in total. The summed E-state index contributed by atoms with van der Waals surface area (Å²) in [6.07, 6.45) is 6.81. The van der Waals surface area contributed by atoms with Crippen molar-refractivity contribution in [1.82, 2.24) is 20.4 Å². The molecule has 0 atom stereocenters. The van der Waals surface area contributed by atoms with Gasteiger partial charge in [-0.3, -0.25) is 9.67 Å². The van der Waals surface area contributed by atoms with Crippen LogP contribution in [0.25, 0.3) is 0 Å². The lowest BCUT2D eigenvalue weighted by atomic mass is 10.2. The van der Waals surface area contributed by atoms with Gasteiger partial charge in [0.05, 0.1) is 6.61 Å². The standard InChI is InChI=1S/C20H31N5O/c1-3-21-20(23-13-6-15-25-16-7-14-24-25)22-12-4-5-17-26-19-10-8-18(2)9-11-19/h7-11,14,16H,3-6,12-13,15,17H2,1-2H3,(H2,21,22,23). The second kappa shape index (κ2) is 12.0. The number of aromatic nitrogens is 2. The van der Waals surface area contributed by atoms with Crippen LogP contribution >= 0.6 is 0 Å². The summed E-state index contributed by atoms with van der Waals surface area (Å²) in [5.74, 6) is 1.82. The normalized spacial score (nSPS) is 11.4. The number of aliphatic imine (C=N–C) groups is 1. The first kappa shape index (κ1) is 19.8. The summed E-state index contributed by atoms with van der Waals surface area (Å²) in [7, 11) is 0. The second-order valence-electron chi connectivity index (χ2n) is 6.18. The Morgan fingerprint density at radius 3 is 2.73 bits per heavy atom. The van der Waals surface area contributed by atoms with Gasteiger partial charge in [0.2, 0.25) is 0 Å². The number of guanidine groups is 1. The first-order valence-corrected chi connectivity index (χ1v) is 9.47. The number of benzene rings is 1. The number of hydrogen-bond acceptors (Lipinski definition) is 3. The highest BCUT2D eigenvalue weighted by atomic mass is 16.5. The molecule has 0 saturated carbocycles. The van der Waals surface area contributed by atoms with Crippen LogP contribution < -0.4 is 15.4 Å². The molecule has 2 N–H and O–H groups in total. The Morgan fingerprint density at radius 1 is 1.15 bits per heavy atom. The van der Waals surface area contributed by atoms with Gasteiger partial charge in [-0.25, -0.2) is 0 Å². The van der Waals surface area contributed by atoms with Crippen LogP contribution in [0.1, 0.15) is 31.7 Å². The van der Waals surface area contributed by atoms with Gasteiger partial charge in [0.1, 0.15) is 5.75 Å². The van der Waals surface area contributed by atoms with Crippen LogP contribution in [0, 0.1) is 6.92 Å². The minimum absolute atomic E-state index is 0.738. The van der Waals surface area contributed by atoms with E-state index in [1.54, 1.807) is 6.20 Å². The zero-order valence-corrected chi connectivity index (χ0v) is 15.9. The van der Waals surface area contributed by atoms with Gasteiger partial charge in [0, 0.05) is 38.6 Å². The lowest BCUT2D eigenvalue weighted by molar-refractivity contribution is 0.307. The van der Waals surface area contributed by atoms with E-state index >= 15 is 0 Å². The van der Waals surface area contributed by atoms with E-state index in [0.717, 1.165) is 63.8 Å². The molecule has 0 aliphatic rings. The van der Waals surface area contributed by atoms with E-state index in [9.17, 15) is 0 Å². The van der Waals surface area contributed by atoms with Crippen LogP contribution in [0.15, 0.2) is 47.7 Å². The molecule has 0 spiro atoms. The highest BCUT2D eigenvalue weighted by Crippen LogP contribution is 2.11. The van der Waals surface area contributed by atoms with E-state index in [4.69, 9.17) is 4.74 Å². The molecule has 0 fully saturated rings. The Kier molecular flexibility index (Phi) is 9.11. The molecule has 0 saturated heterocycles. The van der Waals surface area contributed by atoms with Crippen molar-refractivity contribution < 1.29 is 4.74 Å². The van der Waals surface area contributed by atoms with Crippen LogP contribution in [0.5, 0.6) is 5.75 Å². The Hall–Kier alpha value is -2.50. The van der Waals surface area contributed by atoms with Crippen molar-refractivity contribution in [3.63, 3.8) is 0 Å². The maximum absolute atomic E-state index is 5.75. The number of aryl methyl sites for hydroxylation is 2. The van der Waals surface area contributed by atoms with E-state index in [-0.39, 0.29) is 0 Å². The third-order valence-corrected chi connectivity index (χ3v) is 3.87. The van der Waals surface area contributed by atoms with Crippen molar-refractivity contribution in [3.05, 3.63) is 48.3 Å². The van der Waals surface area contributed by atoms with Crippen molar-refractivity contribution in [1.29, 1.82) is 0 Å². The largest absolute Gasteiger partial charge is 0.494 e. The minimum Gasteiger partial charge on any atom is -0.494 e. The second-order valence-corrected chi connectivity index (χ2v) is 6.18. The van der Waals surface area contributed by atoms with Crippen molar-refractivity contribution >= 4 is 5.96 Å². The van der Waals surface area contributed by atoms with Gasteiger partial charge in [-0.15, -0.1) is 0 Å². The topological polar surface area (TPSA) is 63.5 Å². The van der Waals surface area contributed by atoms with Gasteiger partial charge in [-0.2, -0.15) is 5.10 Å². The quantitative estimate of drug-likeness (QED) is 0.369. The third-order valence-electron chi connectivity index (χ3n) is 3.87. The molecule has 0 unspecified atom stereocenters. The molecule has 1 heterocycles. The van der Waals surface area contributed by atoms with Gasteiger partial charge < -0.3 is 15.4 Å². The molecular weight excluding hydrogens is 326 g/mol. The van der Waals surface area contributed by atoms with Gasteiger partial charge in [-0.05, 0) is 51.3 Å². The molecule has 0 bridgehead atoms. The third kappa shape index (κ3) is 8.05. The molecule has 1 aromatic heterocycles. The number of nitrogens with one attached hydrogen (secondary N) is 2. The lowest BCUT2D eigenvalue weighted by Crippen LogP contribution is -2.38. The summed E-state index contributed by atoms with van der Waals surface area (Å²) in [5.41, 5.74) is 1.25. The highest BCUT2D eigenvalue weighted by molar-refractivity contribution is 5.79. The van der Waals surface area contributed by atoms with Crippen molar-refractivity contribution in [2.45, 2.75) is 39.7 Å². The summed E-state index contributed by atoms with van der Waals surface area (Å²) >= 11 is 0. The van der Waals surface area contributed by atoms with Gasteiger partial charge in [0.15, 0.2) is 5.96 Å². The van der Waals surface area contributed by atoms with Crippen LogP contribution in [-0.4, -0.2) is 42.0 Å². The molecule has 0 radical (unpaired) electrons. The Bertz CT molecular complexity index is 622. The van der Waals surface area contributed by atoms with Crippen molar-refractivity contribution in [2.24, 2.45) is 4.99 Å².